The molecule has 2 unspecified atom stereocenters. The molecule has 1 aliphatic heterocycles. The molecule has 0 bridgehead atoms. The largest absolute Gasteiger partial charge is 0.464 e. The molecule has 15 heavy (non-hydrogen) atoms. The predicted molar refractivity (Wildman–Crippen MR) is 54.4 cm³/mol. The van der Waals surface area contributed by atoms with Crippen LogP contribution in [0, 0.1) is 0 Å². The van der Waals surface area contributed by atoms with Crippen LogP contribution >= 0.6 is 0 Å². The van der Waals surface area contributed by atoms with Gasteiger partial charge in [0.25, 0.3) is 0 Å². The number of ether oxygens (including phenoxy) is 3. The Balaban J connectivity index is 2.12. The van der Waals surface area contributed by atoms with E-state index in [0.717, 1.165) is 12.8 Å². The molecular formula is C10H19NO4. The van der Waals surface area contributed by atoms with Crippen molar-refractivity contribution in [3.05, 3.63) is 0 Å². The Kier molecular flexibility index (Phi) is 5.60. The maximum absolute atomic E-state index is 11.4. The summed E-state index contributed by atoms with van der Waals surface area (Å²) in [7, 11) is 1.62. The van der Waals surface area contributed by atoms with E-state index in [-0.39, 0.29) is 12.1 Å². The van der Waals surface area contributed by atoms with Crippen molar-refractivity contribution in [2.45, 2.75) is 31.5 Å². The van der Waals surface area contributed by atoms with E-state index >= 15 is 0 Å². The fourth-order valence-corrected chi connectivity index (χ4v) is 1.52. The van der Waals surface area contributed by atoms with E-state index in [4.69, 9.17) is 19.9 Å². The minimum absolute atomic E-state index is 0.0153. The van der Waals surface area contributed by atoms with Crippen LogP contribution in [0.3, 0.4) is 0 Å². The highest BCUT2D eigenvalue weighted by Crippen LogP contribution is 2.19. The monoisotopic (exact) mass is 217 g/mol. The molecule has 2 N–H and O–H groups in total. The summed E-state index contributed by atoms with van der Waals surface area (Å²) in [4.78, 5) is 11.4. The molecule has 88 valence electrons. The second kappa shape index (κ2) is 6.76. The molecule has 0 spiro atoms. The van der Waals surface area contributed by atoms with Gasteiger partial charge in [0, 0.05) is 26.7 Å². The zero-order chi connectivity index (χ0) is 11.1. The minimum atomic E-state index is -0.416. The lowest BCUT2D eigenvalue weighted by Crippen LogP contribution is -2.27. The lowest BCUT2D eigenvalue weighted by atomic mass is 10.2. The molecule has 0 aliphatic carbocycles. The Morgan fingerprint density at radius 2 is 2.27 bits per heavy atom. The van der Waals surface area contributed by atoms with E-state index in [9.17, 15) is 4.79 Å². The molecule has 1 aliphatic rings. The lowest BCUT2D eigenvalue weighted by Gasteiger charge is -2.11. The molecule has 1 heterocycles. The van der Waals surface area contributed by atoms with Crippen molar-refractivity contribution in [1.82, 2.24) is 0 Å². The number of nitrogens with two attached hydrogens (primary N) is 1. The first-order valence-electron chi connectivity index (χ1n) is 5.29. The van der Waals surface area contributed by atoms with Crippen LogP contribution < -0.4 is 5.73 Å². The first kappa shape index (κ1) is 12.4. The molecule has 0 saturated carbocycles. The second-order valence-electron chi connectivity index (χ2n) is 3.57. The number of hydrogen-bond acceptors (Lipinski definition) is 5. The molecule has 1 fully saturated rings. The van der Waals surface area contributed by atoms with E-state index in [2.05, 4.69) is 0 Å². The quantitative estimate of drug-likeness (QED) is 0.503. The molecule has 5 nitrogen and oxygen atoms in total. The number of rotatable bonds is 6. The Bertz CT molecular complexity index is 198. The van der Waals surface area contributed by atoms with Gasteiger partial charge in [-0.1, -0.05) is 0 Å². The Morgan fingerprint density at radius 3 is 2.87 bits per heavy atom. The topological polar surface area (TPSA) is 70.8 Å². The van der Waals surface area contributed by atoms with Gasteiger partial charge >= 0.3 is 5.97 Å². The molecule has 0 aromatic heterocycles. The normalized spacial score (nSPS) is 25.5. The summed E-state index contributed by atoms with van der Waals surface area (Å²) in [5.41, 5.74) is 5.44. The first-order valence-corrected chi connectivity index (χ1v) is 5.29. The highest BCUT2D eigenvalue weighted by molar-refractivity contribution is 5.74. The highest BCUT2D eigenvalue weighted by Gasteiger charge is 2.30. The highest BCUT2D eigenvalue weighted by atomic mass is 16.6. The standard InChI is InChI=1S/C10H19NO4/c1-13-5-2-6-14-10(12)9-4-3-8(7-11)15-9/h8-9H,2-7,11H2,1H3. The van der Waals surface area contributed by atoms with Crippen LogP contribution in [0.15, 0.2) is 0 Å². The third kappa shape index (κ3) is 4.15. The molecule has 0 aromatic carbocycles. The minimum Gasteiger partial charge on any atom is -0.464 e. The summed E-state index contributed by atoms with van der Waals surface area (Å²) in [6.07, 6.45) is 1.87. The van der Waals surface area contributed by atoms with Crippen LogP contribution in [-0.4, -0.2) is 45.0 Å². The lowest BCUT2D eigenvalue weighted by molar-refractivity contribution is -0.156. The number of hydrogen-bond donors (Lipinski definition) is 1. The number of esters is 1. The van der Waals surface area contributed by atoms with Crippen molar-refractivity contribution in [3.63, 3.8) is 0 Å². The molecular weight excluding hydrogens is 198 g/mol. The summed E-state index contributed by atoms with van der Waals surface area (Å²) in [5.74, 6) is -0.276. The number of carbonyl (C=O) groups is 1. The van der Waals surface area contributed by atoms with Crippen LogP contribution in [-0.2, 0) is 19.0 Å². The Labute approximate surface area is 89.9 Å². The van der Waals surface area contributed by atoms with Crippen molar-refractivity contribution < 1.29 is 19.0 Å². The van der Waals surface area contributed by atoms with Crippen LogP contribution in [0.25, 0.3) is 0 Å². The van der Waals surface area contributed by atoms with Gasteiger partial charge in [0.1, 0.15) is 0 Å². The third-order valence-corrected chi connectivity index (χ3v) is 2.37. The van der Waals surface area contributed by atoms with Crippen LogP contribution in [0.5, 0.6) is 0 Å². The maximum Gasteiger partial charge on any atom is 0.335 e. The van der Waals surface area contributed by atoms with E-state index < -0.39 is 6.10 Å². The van der Waals surface area contributed by atoms with Gasteiger partial charge in [-0.3, -0.25) is 0 Å². The summed E-state index contributed by atoms with van der Waals surface area (Å²) < 4.78 is 15.3. The second-order valence-corrected chi connectivity index (χ2v) is 3.57. The van der Waals surface area contributed by atoms with Gasteiger partial charge in [-0.05, 0) is 12.8 Å². The summed E-state index contributed by atoms with van der Waals surface area (Å²) >= 11 is 0. The van der Waals surface area contributed by atoms with E-state index in [1.807, 2.05) is 0 Å². The molecule has 1 rings (SSSR count). The van der Waals surface area contributed by atoms with Crippen molar-refractivity contribution in [2.75, 3.05) is 26.9 Å². The van der Waals surface area contributed by atoms with Crippen molar-refractivity contribution in [1.29, 1.82) is 0 Å². The number of methoxy groups -OCH3 is 1. The average Bonchev–Trinajstić information content (AvgIpc) is 2.72. The fraction of sp³-hybridized carbons (Fsp3) is 0.900. The van der Waals surface area contributed by atoms with Gasteiger partial charge in [-0.25, -0.2) is 4.79 Å². The molecule has 0 radical (unpaired) electrons. The van der Waals surface area contributed by atoms with Crippen LogP contribution in [0.4, 0.5) is 0 Å². The van der Waals surface area contributed by atoms with Crippen LogP contribution in [0.1, 0.15) is 19.3 Å². The van der Waals surface area contributed by atoms with Gasteiger partial charge in [-0.2, -0.15) is 0 Å². The summed E-state index contributed by atoms with van der Waals surface area (Å²) in [5, 5.41) is 0. The van der Waals surface area contributed by atoms with E-state index in [0.29, 0.717) is 26.2 Å². The SMILES string of the molecule is COCCCOC(=O)C1CCC(CN)O1. The van der Waals surface area contributed by atoms with E-state index in [1.54, 1.807) is 7.11 Å². The third-order valence-electron chi connectivity index (χ3n) is 2.37. The smallest absolute Gasteiger partial charge is 0.335 e. The molecule has 2 atom stereocenters. The first-order chi connectivity index (χ1) is 7.27. The predicted octanol–water partition coefficient (Wildman–Crippen LogP) is 0.0724. The van der Waals surface area contributed by atoms with Gasteiger partial charge in [0.2, 0.25) is 0 Å². The zero-order valence-electron chi connectivity index (χ0n) is 9.11. The summed E-state index contributed by atoms with van der Waals surface area (Å²) in [6, 6.07) is 0. The summed E-state index contributed by atoms with van der Waals surface area (Å²) in [6.45, 7) is 1.46. The molecule has 1 saturated heterocycles. The Hall–Kier alpha value is -0.650. The van der Waals surface area contributed by atoms with Gasteiger partial charge in [-0.15, -0.1) is 0 Å². The molecule has 0 aromatic rings. The fourth-order valence-electron chi connectivity index (χ4n) is 1.52. The van der Waals surface area contributed by atoms with Gasteiger partial charge in [0.15, 0.2) is 6.10 Å². The maximum atomic E-state index is 11.4. The van der Waals surface area contributed by atoms with Crippen molar-refractivity contribution in [3.8, 4) is 0 Å². The van der Waals surface area contributed by atoms with Crippen molar-refractivity contribution in [2.24, 2.45) is 5.73 Å². The van der Waals surface area contributed by atoms with Crippen molar-refractivity contribution >= 4 is 5.97 Å². The molecule has 0 amide bonds. The average molecular weight is 217 g/mol. The number of carbonyl (C=O) groups excluding carboxylic acids is 1. The molecule has 5 heteroatoms. The van der Waals surface area contributed by atoms with Crippen LogP contribution in [0.2, 0.25) is 0 Å². The van der Waals surface area contributed by atoms with Gasteiger partial charge < -0.3 is 19.9 Å². The van der Waals surface area contributed by atoms with E-state index in [1.165, 1.54) is 0 Å². The van der Waals surface area contributed by atoms with Gasteiger partial charge in [0.05, 0.1) is 12.7 Å². The zero-order valence-corrected chi connectivity index (χ0v) is 9.11. The Morgan fingerprint density at radius 1 is 1.47 bits per heavy atom.